The van der Waals surface area contributed by atoms with E-state index >= 15 is 0 Å². The summed E-state index contributed by atoms with van der Waals surface area (Å²) in [7, 11) is 0. The number of carbonyl (C=O) groups is 1. The average molecular weight is 359 g/mol. The number of fused-ring (bicyclic) bond motifs is 1. The van der Waals surface area contributed by atoms with E-state index in [0.717, 1.165) is 39.1 Å². The fraction of sp³-hybridized carbons (Fsp3) is 0.421. The lowest BCUT2D eigenvalue weighted by Gasteiger charge is -2.35. The van der Waals surface area contributed by atoms with E-state index in [0.29, 0.717) is 5.91 Å². The number of hydrogen-bond donors (Lipinski definition) is 0. The predicted octanol–water partition coefficient (Wildman–Crippen LogP) is 3.42. The highest BCUT2D eigenvalue weighted by Gasteiger charge is 2.32. The quantitative estimate of drug-likeness (QED) is 0.840. The number of nitrogens with zero attached hydrogens (tertiary/aromatic N) is 2. The smallest absolute Gasteiger partial charge is 0.236 e. The molecule has 0 radical (unpaired) electrons. The summed E-state index contributed by atoms with van der Waals surface area (Å²) in [4.78, 5) is 18.7. The largest absolute Gasteiger partial charge is 0.339 e. The third-order valence-electron chi connectivity index (χ3n) is 4.84. The molecule has 1 unspecified atom stereocenters. The first-order chi connectivity index (χ1) is 11.7. The van der Waals surface area contributed by atoms with Crippen LogP contribution in [0.5, 0.6) is 0 Å². The van der Waals surface area contributed by atoms with E-state index in [-0.39, 0.29) is 5.25 Å². The second-order valence-corrected chi connectivity index (χ2v) is 8.68. The van der Waals surface area contributed by atoms with Gasteiger partial charge in [0.25, 0.3) is 0 Å². The zero-order valence-corrected chi connectivity index (χ0v) is 15.5. The van der Waals surface area contributed by atoms with Gasteiger partial charge < -0.3 is 4.90 Å². The Hall–Kier alpha value is -1.30. The summed E-state index contributed by atoms with van der Waals surface area (Å²) in [5, 5.41) is 4.42. The second-order valence-electron chi connectivity index (χ2n) is 6.65. The van der Waals surface area contributed by atoms with Crippen LogP contribution in [0.4, 0.5) is 0 Å². The van der Waals surface area contributed by atoms with Crippen LogP contribution in [-0.2, 0) is 17.8 Å². The number of hydrogen-bond acceptors (Lipinski definition) is 4. The molecule has 1 fully saturated rings. The molecule has 1 aromatic carbocycles. The predicted molar refractivity (Wildman–Crippen MR) is 101 cm³/mol. The number of carbonyl (C=O) groups excluding carboxylic acids is 1. The van der Waals surface area contributed by atoms with Crippen molar-refractivity contribution in [3.8, 4) is 0 Å². The van der Waals surface area contributed by atoms with Gasteiger partial charge in [-0.2, -0.15) is 11.3 Å². The molecule has 126 valence electrons. The summed E-state index contributed by atoms with van der Waals surface area (Å²) in [6, 6.07) is 8.74. The van der Waals surface area contributed by atoms with Gasteiger partial charge in [-0.15, -0.1) is 11.8 Å². The van der Waals surface area contributed by atoms with Gasteiger partial charge in [0.1, 0.15) is 0 Å². The van der Waals surface area contributed by atoms with Crippen LogP contribution in [0.15, 0.2) is 39.9 Å². The van der Waals surface area contributed by atoms with Gasteiger partial charge in [0.05, 0.1) is 5.25 Å². The normalized spacial score (nSPS) is 21.0. The maximum absolute atomic E-state index is 12.9. The van der Waals surface area contributed by atoms with Gasteiger partial charge in [-0.1, -0.05) is 17.7 Å². The highest BCUT2D eigenvalue weighted by molar-refractivity contribution is 8.01. The van der Waals surface area contributed by atoms with Crippen LogP contribution < -0.4 is 0 Å². The second kappa shape index (κ2) is 6.90. The van der Waals surface area contributed by atoms with Gasteiger partial charge in [-0.25, -0.2) is 0 Å². The molecule has 4 rings (SSSR count). The molecule has 0 spiro atoms. The Morgan fingerprint density at radius 1 is 1.21 bits per heavy atom. The molecular weight excluding hydrogens is 336 g/mol. The van der Waals surface area contributed by atoms with Crippen LogP contribution in [0, 0.1) is 6.92 Å². The Labute approximate surface area is 151 Å². The van der Waals surface area contributed by atoms with Gasteiger partial charge in [0.2, 0.25) is 5.91 Å². The van der Waals surface area contributed by atoms with Crippen molar-refractivity contribution >= 4 is 29.0 Å². The number of thiophene rings is 1. The number of amides is 1. The number of benzene rings is 1. The van der Waals surface area contributed by atoms with Gasteiger partial charge in [0.15, 0.2) is 0 Å². The summed E-state index contributed by atoms with van der Waals surface area (Å²) < 4.78 is 0. The van der Waals surface area contributed by atoms with Crippen molar-refractivity contribution in [3.63, 3.8) is 0 Å². The molecule has 1 amide bonds. The van der Waals surface area contributed by atoms with Crippen LogP contribution in [-0.4, -0.2) is 47.1 Å². The van der Waals surface area contributed by atoms with E-state index in [1.165, 1.54) is 21.6 Å². The fourth-order valence-electron chi connectivity index (χ4n) is 3.44. The molecule has 3 heterocycles. The minimum Gasteiger partial charge on any atom is -0.339 e. The zero-order chi connectivity index (χ0) is 16.5. The number of aryl methyl sites for hydroxylation is 1. The molecule has 0 aliphatic carbocycles. The van der Waals surface area contributed by atoms with Crippen LogP contribution in [0.25, 0.3) is 0 Å². The molecule has 1 saturated heterocycles. The molecular formula is C19H22N2OS2. The standard InChI is InChI=1S/C19H22N2OS2/c1-14-2-3-16-11-18(24-17(16)10-14)19(22)21-7-5-20(6-8-21)12-15-4-9-23-13-15/h2-4,9-10,13,18H,5-8,11-12H2,1H3. The molecule has 3 nitrogen and oxygen atoms in total. The zero-order valence-electron chi connectivity index (χ0n) is 13.9. The monoisotopic (exact) mass is 358 g/mol. The SMILES string of the molecule is Cc1ccc2c(c1)SC(C(=O)N1CCN(Cc3ccsc3)CC1)C2. The maximum Gasteiger partial charge on any atom is 0.236 e. The first-order valence-electron chi connectivity index (χ1n) is 8.47. The number of rotatable bonds is 3. The van der Waals surface area contributed by atoms with E-state index in [1.54, 1.807) is 23.1 Å². The van der Waals surface area contributed by atoms with E-state index in [9.17, 15) is 4.79 Å². The lowest BCUT2D eigenvalue weighted by molar-refractivity contribution is -0.132. The summed E-state index contributed by atoms with van der Waals surface area (Å²) in [5.41, 5.74) is 3.99. The number of piperazine rings is 1. The molecule has 5 heteroatoms. The molecule has 2 aliphatic heterocycles. The number of thioether (sulfide) groups is 1. The molecule has 0 N–H and O–H groups in total. The Kier molecular flexibility index (Phi) is 4.66. The summed E-state index contributed by atoms with van der Waals surface area (Å²) >= 11 is 3.50. The Bertz CT molecular complexity index is 721. The molecule has 0 saturated carbocycles. The minimum absolute atomic E-state index is 0.0743. The summed E-state index contributed by atoms with van der Waals surface area (Å²) in [6.07, 6.45) is 0.883. The van der Waals surface area contributed by atoms with Gasteiger partial charge in [-0.05, 0) is 47.4 Å². The molecule has 2 aromatic rings. The highest BCUT2D eigenvalue weighted by Crippen LogP contribution is 2.38. The van der Waals surface area contributed by atoms with E-state index in [1.807, 2.05) is 0 Å². The van der Waals surface area contributed by atoms with Crippen molar-refractivity contribution < 1.29 is 4.79 Å². The molecule has 1 aromatic heterocycles. The summed E-state index contributed by atoms with van der Waals surface area (Å²) in [6.45, 7) is 6.79. The first kappa shape index (κ1) is 16.2. The van der Waals surface area contributed by atoms with Gasteiger partial charge in [-0.3, -0.25) is 9.69 Å². The molecule has 0 bridgehead atoms. The fourth-order valence-corrected chi connectivity index (χ4v) is 5.48. The Morgan fingerprint density at radius 2 is 2.04 bits per heavy atom. The van der Waals surface area contributed by atoms with Crippen LogP contribution in [0.3, 0.4) is 0 Å². The van der Waals surface area contributed by atoms with Gasteiger partial charge >= 0.3 is 0 Å². The lowest BCUT2D eigenvalue weighted by atomic mass is 10.1. The van der Waals surface area contributed by atoms with E-state index in [4.69, 9.17) is 0 Å². The third kappa shape index (κ3) is 3.39. The van der Waals surface area contributed by atoms with Crippen molar-refractivity contribution in [2.24, 2.45) is 0 Å². The lowest BCUT2D eigenvalue weighted by Crippen LogP contribution is -2.50. The van der Waals surface area contributed by atoms with Crippen LogP contribution in [0.1, 0.15) is 16.7 Å². The Morgan fingerprint density at radius 3 is 2.79 bits per heavy atom. The molecule has 24 heavy (non-hydrogen) atoms. The van der Waals surface area contributed by atoms with Crippen molar-refractivity contribution in [3.05, 3.63) is 51.7 Å². The van der Waals surface area contributed by atoms with Crippen molar-refractivity contribution in [2.75, 3.05) is 26.2 Å². The van der Waals surface area contributed by atoms with Gasteiger partial charge in [0, 0.05) is 37.6 Å². The highest BCUT2D eigenvalue weighted by atomic mass is 32.2. The van der Waals surface area contributed by atoms with Crippen molar-refractivity contribution in [1.82, 2.24) is 9.80 Å². The van der Waals surface area contributed by atoms with E-state index < -0.39 is 0 Å². The van der Waals surface area contributed by atoms with Crippen molar-refractivity contribution in [2.45, 2.75) is 30.0 Å². The summed E-state index contributed by atoms with van der Waals surface area (Å²) in [5.74, 6) is 0.323. The van der Waals surface area contributed by atoms with E-state index in [2.05, 4.69) is 51.7 Å². The molecule has 2 aliphatic rings. The average Bonchev–Trinajstić information content (AvgIpc) is 3.24. The van der Waals surface area contributed by atoms with Crippen LogP contribution in [0.2, 0.25) is 0 Å². The van der Waals surface area contributed by atoms with Crippen LogP contribution >= 0.6 is 23.1 Å². The third-order valence-corrected chi connectivity index (χ3v) is 6.86. The minimum atomic E-state index is 0.0743. The Balaban J connectivity index is 1.32. The topological polar surface area (TPSA) is 23.6 Å². The van der Waals surface area contributed by atoms with Crippen molar-refractivity contribution in [1.29, 1.82) is 0 Å². The molecule has 1 atom stereocenters. The first-order valence-corrected chi connectivity index (χ1v) is 10.3. The maximum atomic E-state index is 12.9.